The normalized spacial score (nSPS) is 11.6. The number of aromatic nitrogens is 1. The molecule has 3 N–H and O–H groups in total. The van der Waals surface area contributed by atoms with Crippen LogP contribution in [0, 0.1) is 6.92 Å². The molecule has 0 unspecified atom stereocenters. The lowest BCUT2D eigenvalue weighted by atomic mass is 9.97. The minimum Gasteiger partial charge on any atom is -0.480 e. The first kappa shape index (κ1) is 28.2. The van der Waals surface area contributed by atoms with E-state index in [1.54, 1.807) is 18.0 Å². The van der Waals surface area contributed by atoms with Crippen LogP contribution in [0.25, 0.3) is 16.1 Å². The fraction of sp³-hybridized carbons (Fsp3) is 0.333. The summed E-state index contributed by atoms with van der Waals surface area (Å²) in [6.07, 6.45) is -3.17. The van der Waals surface area contributed by atoms with E-state index in [9.17, 15) is 18.0 Å². The van der Waals surface area contributed by atoms with E-state index in [1.165, 1.54) is 23.5 Å². The second-order valence-electron chi connectivity index (χ2n) is 9.16. The Bertz CT molecular complexity index is 1280. The number of carboxylic acids is 1. The predicted molar refractivity (Wildman–Crippen MR) is 141 cm³/mol. The van der Waals surface area contributed by atoms with Gasteiger partial charge in [0.1, 0.15) is 11.6 Å². The first-order chi connectivity index (χ1) is 17.3. The summed E-state index contributed by atoms with van der Waals surface area (Å²) in [6.45, 7) is 9.98. The van der Waals surface area contributed by atoms with Gasteiger partial charge >= 0.3 is 12.1 Å². The van der Waals surface area contributed by atoms with Crippen molar-refractivity contribution in [2.24, 2.45) is 5.90 Å². The second-order valence-corrected chi connectivity index (χ2v) is 10.2. The summed E-state index contributed by atoms with van der Waals surface area (Å²) >= 11 is 1.46. The van der Waals surface area contributed by atoms with Crippen LogP contribution in [0.15, 0.2) is 43.0 Å². The van der Waals surface area contributed by atoms with Crippen molar-refractivity contribution >= 4 is 28.6 Å². The number of allylic oxidation sites excluding steroid dienone is 1. The number of anilines is 1. The Kier molecular flexibility index (Phi) is 8.65. The van der Waals surface area contributed by atoms with E-state index in [2.05, 4.69) is 6.58 Å². The molecule has 0 spiro atoms. The van der Waals surface area contributed by atoms with Crippen molar-refractivity contribution < 1.29 is 27.9 Å². The number of hydrogen-bond donors (Lipinski definition) is 2. The molecule has 2 aromatic carbocycles. The SMILES string of the molecule is C=C(CCc1sc(-c2ccc(C(F)(F)F)cc2)nc1C(C)C)c1cc(C)c(N(C)CC(=O)O)cc1ON. The minimum absolute atomic E-state index is 0.136. The number of nitrogens with zero attached hydrogens (tertiary/aromatic N) is 2. The van der Waals surface area contributed by atoms with Crippen molar-refractivity contribution in [1.82, 2.24) is 4.98 Å². The summed E-state index contributed by atoms with van der Waals surface area (Å²) in [5.41, 5.74) is 3.91. The number of thiazole rings is 1. The van der Waals surface area contributed by atoms with Crippen LogP contribution in [0.5, 0.6) is 5.75 Å². The van der Waals surface area contributed by atoms with Crippen LogP contribution in [0.3, 0.4) is 0 Å². The van der Waals surface area contributed by atoms with Gasteiger partial charge in [-0.2, -0.15) is 19.1 Å². The molecular weight excluding hydrogens is 503 g/mol. The van der Waals surface area contributed by atoms with Gasteiger partial charge in [0.2, 0.25) is 0 Å². The maximum absolute atomic E-state index is 12.9. The van der Waals surface area contributed by atoms with Crippen LogP contribution in [-0.2, 0) is 17.4 Å². The third kappa shape index (κ3) is 6.69. The predicted octanol–water partition coefficient (Wildman–Crippen LogP) is 6.68. The Morgan fingerprint density at radius 3 is 2.43 bits per heavy atom. The molecule has 3 aromatic rings. The van der Waals surface area contributed by atoms with Gasteiger partial charge in [0.25, 0.3) is 0 Å². The van der Waals surface area contributed by atoms with Gasteiger partial charge in [0.05, 0.1) is 11.3 Å². The Balaban J connectivity index is 1.83. The molecule has 0 aliphatic heterocycles. The molecule has 0 atom stereocenters. The van der Waals surface area contributed by atoms with Gasteiger partial charge in [-0.15, -0.1) is 11.3 Å². The lowest BCUT2D eigenvalue weighted by Crippen LogP contribution is -2.26. The van der Waals surface area contributed by atoms with E-state index in [1.807, 2.05) is 26.8 Å². The highest BCUT2D eigenvalue weighted by Gasteiger charge is 2.30. The first-order valence-corrected chi connectivity index (χ1v) is 12.4. The van der Waals surface area contributed by atoms with Crippen LogP contribution in [0.1, 0.15) is 53.4 Å². The first-order valence-electron chi connectivity index (χ1n) is 11.6. The fourth-order valence-corrected chi connectivity index (χ4v) is 5.29. The van der Waals surface area contributed by atoms with Gasteiger partial charge in [-0.05, 0) is 55.0 Å². The number of hydrogen-bond acceptors (Lipinski definition) is 6. The van der Waals surface area contributed by atoms with Crippen LogP contribution >= 0.6 is 11.3 Å². The summed E-state index contributed by atoms with van der Waals surface area (Å²) in [5, 5.41) is 9.77. The zero-order chi connectivity index (χ0) is 27.5. The fourth-order valence-electron chi connectivity index (χ4n) is 4.07. The van der Waals surface area contributed by atoms with E-state index in [4.69, 9.17) is 20.8 Å². The average Bonchev–Trinajstić information content (AvgIpc) is 3.26. The van der Waals surface area contributed by atoms with Gasteiger partial charge in [-0.25, -0.2) is 4.98 Å². The molecule has 0 aliphatic carbocycles. The molecule has 0 saturated carbocycles. The van der Waals surface area contributed by atoms with Crippen molar-refractivity contribution in [3.05, 3.63) is 70.2 Å². The number of benzene rings is 2. The third-order valence-corrected chi connectivity index (χ3v) is 7.16. The summed E-state index contributed by atoms with van der Waals surface area (Å²) in [4.78, 5) is 23.6. The molecule has 0 bridgehead atoms. The molecule has 37 heavy (non-hydrogen) atoms. The topological polar surface area (TPSA) is 88.7 Å². The summed E-state index contributed by atoms with van der Waals surface area (Å²) < 4.78 is 38.8. The summed E-state index contributed by atoms with van der Waals surface area (Å²) in [5.74, 6) is 5.11. The molecule has 3 rings (SSSR count). The van der Waals surface area contributed by atoms with Gasteiger partial charge in [0.15, 0.2) is 5.75 Å². The lowest BCUT2D eigenvalue weighted by Gasteiger charge is -2.22. The molecule has 0 amide bonds. The number of halogens is 3. The van der Waals surface area contributed by atoms with Gasteiger partial charge < -0.3 is 14.8 Å². The molecule has 198 valence electrons. The molecular formula is C27H30F3N3O3S. The Labute approximate surface area is 218 Å². The summed E-state index contributed by atoms with van der Waals surface area (Å²) in [7, 11) is 1.68. The van der Waals surface area contributed by atoms with Crippen molar-refractivity contribution in [3.63, 3.8) is 0 Å². The maximum atomic E-state index is 12.9. The quantitative estimate of drug-likeness (QED) is 0.283. The number of carbonyl (C=O) groups is 1. The molecule has 0 radical (unpaired) electrons. The highest BCUT2D eigenvalue weighted by atomic mass is 32.1. The van der Waals surface area contributed by atoms with E-state index in [0.29, 0.717) is 34.8 Å². The Morgan fingerprint density at radius 2 is 1.89 bits per heavy atom. The largest absolute Gasteiger partial charge is 0.480 e. The highest BCUT2D eigenvalue weighted by molar-refractivity contribution is 7.15. The van der Waals surface area contributed by atoms with Gasteiger partial charge in [-0.3, -0.25) is 4.79 Å². The number of aryl methyl sites for hydroxylation is 2. The van der Waals surface area contributed by atoms with E-state index in [0.717, 1.165) is 39.4 Å². The molecule has 0 fully saturated rings. The Morgan fingerprint density at radius 1 is 1.24 bits per heavy atom. The standard InChI is InChI=1S/C27H30F3N3O3S/c1-15(2)25-23(37-26(32-25)18-7-9-19(10-8-18)27(28,29)30)11-6-16(3)20-12-17(4)21(13-22(20)36-31)33(5)14-24(34)35/h7-10,12-13,15H,3,6,11,14,31H2,1-2,4-5H3,(H,34,35). The van der Waals surface area contributed by atoms with Gasteiger partial charge in [0, 0.05) is 34.8 Å². The number of rotatable bonds is 10. The molecule has 0 saturated heterocycles. The van der Waals surface area contributed by atoms with Crippen LogP contribution in [-0.4, -0.2) is 29.7 Å². The number of alkyl halides is 3. The Hall–Kier alpha value is -3.37. The smallest absolute Gasteiger partial charge is 0.416 e. The number of aliphatic carboxylic acids is 1. The average molecular weight is 534 g/mol. The van der Waals surface area contributed by atoms with Crippen molar-refractivity contribution in [3.8, 4) is 16.3 Å². The minimum atomic E-state index is -4.38. The molecule has 6 nitrogen and oxygen atoms in total. The van der Waals surface area contributed by atoms with Crippen LogP contribution < -0.4 is 15.6 Å². The van der Waals surface area contributed by atoms with E-state index < -0.39 is 17.7 Å². The third-order valence-electron chi connectivity index (χ3n) is 5.98. The second kappa shape index (κ2) is 11.4. The number of likely N-dealkylation sites (N-methyl/N-ethyl adjacent to an activating group) is 1. The molecule has 0 aliphatic rings. The molecule has 1 aromatic heterocycles. The van der Waals surface area contributed by atoms with Crippen LogP contribution in [0.2, 0.25) is 0 Å². The lowest BCUT2D eigenvalue weighted by molar-refractivity contribution is -0.137. The monoisotopic (exact) mass is 533 g/mol. The molecule has 1 heterocycles. The van der Waals surface area contributed by atoms with Gasteiger partial charge in [-0.1, -0.05) is 32.6 Å². The van der Waals surface area contributed by atoms with Crippen molar-refractivity contribution in [2.45, 2.75) is 45.7 Å². The molecule has 10 heteroatoms. The zero-order valence-corrected chi connectivity index (χ0v) is 22.0. The number of nitrogens with two attached hydrogens (primary N) is 1. The van der Waals surface area contributed by atoms with E-state index in [-0.39, 0.29) is 12.5 Å². The van der Waals surface area contributed by atoms with Crippen LogP contribution in [0.4, 0.5) is 18.9 Å². The van der Waals surface area contributed by atoms with Crippen molar-refractivity contribution in [1.29, 1.82) is 0 Å². The number of carboxylic acid groups (broad SMARTS) is 1. The van der Waals surface area contributed by atoms with E-state index >= 15 is 0 Å². The zero-order valence-electron chi connectivity index (χ0n) is 21.1. The summed E-state index contributed by atoms with van der Waals surface area (Å²) in [6, 6.07) is 8.62. The van der Waals surface area contributed by atoms with Crippen molar-refractivity contribution in [2.75, 3.05) is 18.5 Å². The maximum Gasteiger partial charge on any atom is 0.416 e. The highest BCUT2D eigenvalue weighted by Crippen LogP contribution is 2.38.